The number of nitrogens with two attached hydrogens (primary N) is 1. The van der Waals surface area contributed by atoms with Gasteiger partial charge in [-0.1, -0.05) is 6.07 Å². The summed E-state index contributed by atoms with van der Waals surface area (Å²) in [7, 11) is 1.68. The Labute approximate surface area is 126 Å². The van der Waals surface area contributed by atoms with Crippen LogP contribution >= 0.6 is 0 Å². The van der Waals surface area contributed by atoms with Crippen molar-refractivity contribution in [1.82, 2.24) is 0 Å². The fraction of sp³-hybridized carbons (Fsp3) is 0.562. The van der Waals surface area contributed by atoms with Crippen LogP contribution in [-0.4, -0.2) is 31.8 Å². The van der Waals surface area contributed by atoms with Crippen LogP contribution < -0.4 is 11.1 Å². The van der Waals surface area contributed by atoms with E-state index >= 15 is 0 Å². The number of hydrogen-bond donors (Lipinski definition) is 2. The van der Waals surface area contributed by atoms with E-state index in [9.17, 15) is 4.79 Å². The van der Waals surface area contributed by atoms with E-state index in [4.69, 9.17) is 15.2 Å². The van der Waals surface area contributed by atoms with E-state index in [0.29, 0.717) is 25.3 Å². The summed E-state index contributed by atoms with van der Waals surface area (Å²) < 4.78 is 10.8. The lowest BCUT2D eigenvalue weighted by Gasteiger charge is -2.22. The van der Waals surface area contributed by atoms with Crippen molar-refractivity contribution < 1.29 is 14.3 Å². The molecule has 0 aliphatic carbocycles. The summed E-state index contributed by atoms with van der Waals surface area (Å²) in [4.78, 5) is 11.8. The monoisotopic (exact) mass is 294 g/mol. The quantitative estimate of drug-likeness (QED) is 0.571. The maximum absolute atomic E-state index is 11.8. The summed E-state index contributed by atoms with van der Waals surface area (Å²) >= 11 is 0. The maximum atomic E-state index is 11.8. The zero-order valence-electron chi connectivity index (χ0n) is 13.4. The topological polar surface area (TPSA) is 73.6 Å². The van der Waals surface area contributed by atoms with Crippen LogP contribution in [0.5, 0.6) is 0 Å². The highest BCUT2D eigenvalue weighted by Gasteiger charge is 2.15. The van der Waals surface area contributed by atoms with Crippen LogP contribution in [0, 0.1) is 6.92 Å². The molecule has 0 saturated carbocycles. The van der Waals surface area contributed by atoms with Crippen LogP contribution in [0.15, 0.2) is 18.2 Å². The van der Waals surface area contributed by atoms with Gasteiger partial charge >= 0.3 is 0 Å². The predicted molar refractivity (Wildman–Crippen MR) is 85.4 cm³/mol. The highest BCUT2D eigenvalue weighted by atomic mass is 16.5. The molecular formula is C16H26N2O3. The number of amides is 1. The lowest BCUT2D eigenvalue weighted by Crippen LogP contribution is -2.24. The fourth-order valence-corrected chi connectivity index (χ4v) is 1.67. The number of methoxy groups -OCH3 is 1. The molecule has 3 N–H and O–H groups in total. The van der Waals surface area contributed by atoms with Crippen LogP contribution in [0.1, 0.15) is 32.3 Å². The van der Waals surface area contributed by atoms with E-state index in [0.717, 1.165) is 17.7 Å². The lowest BCUT2D eigenvalue weighted by molar-refractivity contribution is -0.117. The third kappa shape index (κ3) is 6.60. The van der Waals surface area contributed by atoms with Crippen molar-refractivity contribution in [3.05, 3.63) is 23.8 Å². The standard InChI is InChI=1S/C16H26N2O3/c1-12-5-6-13(17)11-14(12)18-15(19)7-9-21-10-8-16(2,3)20-4/h5-6,11H,7-10,17H2,1-4H3,(H,18,19). The molecule has 0 fully saturated rings. The van der Waals surface area contributed by atoms with Gasteiger partial charge in [0.25, 0.3) is 0 Å². The van der Waals surface area contributed by atoms with Gasteiger partial charge in [0.05, 0.1) is 18.6 Å². The molecule has 0 spiro atoms. The minimum Gasteiger partial charge on any atom is -0.399 e. The number of carbonyl (C=O) groups excluding carboxylic acids is 1. The second-order valence-electron chi connectivity index (χ2n) is 5.70. The average Bonchev–Trinajstić information content (AvgIpc) is 2.42. The van der Waals surface area contributed by atoms with Gasteiger partial charge in [0.1, 0.15) is 0 Å². The van der Waals surface area contributed by atoms with Crippen molar-refractivity contribution in [2.45, 2.75) is 39.2 Å². The van der Waals surface area contributed by atoms with Crippen molar-refractivity contribution >= 4 is 17.3 Å². The number of carbonyl (C=O) groups is 1. The summed E-state index contributed by atoms with van der Waals surface area (Å²) in [6, 6.07) is 5.45. The summed E-state index contributed by atoms with van der Waals surface area (Å²) in [5, 5.41) is 2.85. The molecule has 1 aromatic rings. The van der Waals surface area contributed by atoms with Gasteiger partial charge in [-0.2, -0.15) is 0 Å². The van der Waals surface area contributed by atoms with E-state index in [1.807, 2.05) is 32.9 Å². The molecule has 5 nitrogen and oxygen atoms in total. The zero-order valence-corrected chi connectivity index (χ0v) is 13.4. The van der Waals surface area contributed by atoms with Gasteiger partial charge in [-0.3, -0.25) is 4.79 Å². The molecule has 118 valence electrons. The number of anilines is 2. The number of aryl methyl sites for hydroxylation is 1. The number of benzene rings is 1. The average molecular weight is 294 g/mol. The Morgan fingerprint density at radius 2 is 2.05 bits per heavy atom. The molecule has 21 heavy (non-hydrogen) atoms. The molecule has 0 heterocycles. The largest absolute Gasteiger partial charge is 0.399 e. The minimum atomic E-state index is -0.194. The summed E-state index contributed by atoms with van der Waals surface area (Å²) in [5.41, 5.74) is 7.89. The molecule has 1 rings (SSSR count). The van der Waals surface area contributed by atoms with Gasteiger partial charge in [0.15, 0.2) is 0 Å². The van der Waals surface area contributed by atoms with Gasteiger partial charge in [0.2, 0.25) is 5.91 Å². The third-order valence-electron chi connectivity index (χ3n) is 3.41. The SMILES string of the molecule is COC(C)(C)CCOCCC(=O)Nc1cc(N)ccc1C. The minimum absolute atomic E-state index is 0.0744. The molecule has 0 aliphatic heterocycles. The Kier molecular flexibility index (Phi) is 6.65. The molecule has 0 atom stereocenters. The Hall–Kier alpha value is -1.59. The maximum Gasteiger partial charge on any atom is 0.226 e. The summed E-state index contributed by atoms with van der Waals surface area (Å²) in [6.45, 7) is 6.91. The first kappa shape index (κ1) is 17.5. The summed E-state index contributed by atoms with van der Waals surface area (Å²) in [6.07, 6.45) is 1.11. The highest BCUT2D eigenvalue weighted by Crippen LogP contribution is 2.18. The molecule has 0 unspecified atom stereocenters. The Balaban J connectivity index is 2.27. The number of hydrogen-bond acceptors (Lipinski definition) is 4. The van der Waals surface area contributed by atoms with Crippen molar-refractivity contribution in [3.63, 3.8) is 0 Å². The molecule has 5 heteroatoms. The van der Waals surface area contributed by atoms with Crippen LogP contribution in [0.2, 0.25) is 0 Å². The van der Waals surface area contributed by atoms with Crippen molar-refractivity contribution in [3.8, 4) is 0 Å². The predicted octanol–water partition coefficient (Wildman–Crippen LogP) is 2.74. The fourth-order valence-electron chi connectivity index (χ4n) is 1.67. The second-order valence-corrected chi connectivity index (χ2v) is 5.70. The van der Waals surface area contributed by atoms with Crippen LogP contribution in [0.4, 0.5) is 11.4 Å². The van der Waals surface area contributed by atoms with Gasteiger partial charge in [-0.25, -0.2) is 0 Å². The highest BCUT2D eigenvalue weighted by molar-refractivity contribution is 5.92. The van der Waals surface area contributed by atoms with E-state index in [1.165, 1.54) is 0 Å². The van der Waals surface area contributed by atoms with Crippen molar-refractivity contribution in [2.75, 3.05) is 31.4 Å². The van der Waals surface area contributed by atoms with E-state index in [-0.39, 0.29) is 11.5 Å². The lowest BCUT2D eigenvalue weighted by atomic mass is 10.1. The first-order valence-corrected chi connectivity index (χ1v) is 7.13. The van der Waals surface area contributed by atoms with Gasteiger partial charge in [0, 0.05) is 25.1 Å². The van der Waals surface area contributed by atoms with E-state index < -0.39 is 0 Å². The number of rotatable bonds is 8. The molecule has 0 saturated heterocycles. The van der Waals surface area contributed by atoms with Gasteiger partial charge in [-0.15, -0.1) is 0 Å². The Morgan fingerprint density at radius 3 is 2.71 bits per heavy atom. The number of nitrogen functional groups attached to an aromatic ring is 1. The Bertz CT molecular complexity index is 473. The summed E-state index contributed by atoms with van der Waals surface area (Å²) in [5.74, 6) is -0.0744. The second kappa shape index (κ2) is 8.00. The van der Waals surface area contributed by atoms with Gasteiger partial charge < -0.3 is 20.5 Å². The molecule has 0 radical (unpaired) electrons. The smallest absolute Gasteiger partial charge is 0.226 e. The molecule has 1 aromatic carbocycles. The van der Waals surface area contributed by atoms with E-state index in [2.05, 4.69) is 5.32 Å². The molecule has 0 bridgehead atoms. The van der Waals surface area contributed by atoms with Crippen molar-refractivity contribution in [2.24, 2.45) is 0 Å². The van der Waals surface area contributed by atoms with Crippen LogP contribution in [0.3, 0.4) is 0 Å². The van der Waals surface area contributed by atoms with Crippen LogP contribution in [0.25, 0.3) is 0 Å². The molecule has 0 aromatic heterocycles. The number of ether oxygens (including phenoxy) is 2. The molecule has 1 amide bonds. The Morgan fingerprint density at radius 1 is 1.33 bits per heavy atom. The molecular weight excluding hydrogens is 268 g/mol. The van der Waals surface area contributed by atoms with E-state index in [1.54, 1.807) is 13.2 Å². The number of nitrogens with one attached hydrogen (secondary N) is 1. The third-order valence-corrected chi connectivity index (χ3v) is 3.41. The first-order valence-electron chi connectivity index (χ1n) is 7.13. The first-order chi connectivity index (χ1) is 9.84. The van der Waals surface area contributed by atoms with Crippen molar-refractivity contribution in [1.29, 1.82) is 0 Å². The van der Waals surface area contributed by atoms with Crippen LogP contribution in [-0.2, 0) is 14.3 Å². The normalized spacial score (nSPS) is 11.4. The zero-order chi connectivity index (χ0) is 15.9. The molecule has 0 aliphatic rings. The van der Waals surface area contributed by atoms with Gasteiger partial charge in [-0.05, 0) is 44.9 Å².